The summed E-state index contributed by atoms with van der Waals surface area (Å²) in [6.07, 6.45) is -1.07. The van der Waals surface area contributed by atoms with Gasteiger partial charge in [-0.05, 0) is 17.6 Å². The normalized spacial score (nSPS) is 13.8. The van der Waals surface area contributed by atoms with Crippen molar-refractivity contribution in [1.29, 1.82) is 0 Å². The Kier molecular flexibility index (Phi) is 3.75. The largest absolute Gasteiger partial charge is 0.389 e. The number of azide groups is 1. The monoisotopic (exact) mass is 211 g/mol. The molecule has 9 nitrogen and oxygen atoms in total. The van der Waals surface area contributed by atoms with Crippen molar-refractivity contribution in [3.8, 4) is 0 Å². The maximum atomic E-state index is 9.24. The van der Waals surface area contributed by atoms with E-state index in [1.54, 1.807) is 0 Å². The summed E-state index contributed by atoms with van der Waals surface area (Å²) < 4.78 is 0. The Morgan fingerprint density at radius 1 is 1.53 bits per heavy atom. The number of aromatic nitrogens is 3. The number of hydrogen-bond acceptors (Lipinski definition) is 7. The van der Waals surface area contributed by atoms with Crippen molar-refractivity contribution in [2.45, 2.75) is 19.3 Å². The Hall–Kier alpha value is -1.96. The summed E-state index contributed by atoms with van der Waals surface area (Å²) >= 11 is 0. The molecule has 0 saturated heterocycles. The lowest BCUT2D eigenvalue weighted by atomic mass is 10.4. The lowest BCUT2D eigenvalue weighted by molar-refractivity contribution is 0.0491. The average Bonchev–Trinajstić information content (AvgIpc) is 2.18. The molecule has 15 heavy (non-hydrogen) atoms. The number of aliphatic hydroxyl groups is 2. The third kappa shape index (κ3) is 3.35. The van der Waals surface area contributed by atoms with Crippen molar-refractivity contribution >= 4 is 11.9 Å². The van der Waals surface area contributed by atoms with Gasteiger partial charge >= 0.3 is 0 Å². The van der Waals surface area contributed by atoms with E-state index in [9.17, 15) is 5.11 Å². The van der Waals surface area contributed by atoms with Gasteiger partial charge in [0.1, 0.15) is 6.33 Å². The van der Waals surface area contributed by atoms with Gasteiger partial charge in [-0.25, -0.2) is 9.97 Å². The summed E-state index contributed by atoms with van der Waals surface area (Å²) in [6, 6.07) is 0. The number of rotatable bonds is 4. The smallest absolute Gasteiger partial charge is 0.228 e. The van der Waals surface area contributed by atoms with Crippen LogP contribution >= 0.6 is 0 Å². The first-order valence-corrected chi connectivity index (χ1v) is 4.00. The zero-order valence-corrected chi connectivity index (χ0v) is 7.81. The lowest BCUT2D eigenvalue weighted by Gasteiger charge is -2.14. The van der Waals surface area contributed by atoms with Gasteiger partial charge in [0.2, 0.25) is 11.9 Å². The van der Waals surface area contributed by atoms with Crippen LogP contribution in [-0.2, 0) is 0 Å². The van der Waals surface area contributed by atoms with Crippen molar-refractivity contribution < 1.29 is 10.2 Å². The molecule has 0 aromatic carbocycles. The zero-order valence-electron chi connectivity index (χ0n) is 7.81. The minimum atomic E-state index is -1.20. The molecule has 1 heterocycles. The Bertz CT molecular complexity index is 375. The second kappa shape index (κ2) is 5.05. The van der Waals surface area contributed by atoms with Crippen LogP contribution in [0.1, 0.15) is 6.92 Å². The van der Waals surface area contributed by atoms with Gasteiger partial charge in [0.15, 0.2) is 6.23 Å². The highest BCUT2D eigenvalue weighted by Crippen LogP contribution is 2.06. The van der Waals surface area contributed by atoms with Crippen molar-refractivity contribution in [1.82, 2.24) is 15.0 Å². The average molecular weight is 211 g/mol. The van der Waals surface area contributed by atoms with Crippen LogP contribution in [0.25, 0.3) is 10.4 Å². The molecule has 0 fully saturated rings. The van der Waals surface area contributed by atoms with E-state index >= 15 is 0 Å². The molecular formula is C6H9N7O2. The van der Waals surface area contributed by atoms with Crippen LogP contribution in [0.3, 0.4) is 0 Å². The van der Waals surface area contributed by atoms with Gasteiger partial charge in [0, 0.05) is 4.91 Å². The summed E-state index contributed by atoms with van der Waals surface area (Å²) in [4.78, 5) is 13.4. The molecule has 1 aromatic heterocycles. The molecule has 0 aliphatic heterocycles. The molecule has 0 radical (unpaired) electrons. The molecule has 0 bridgehead atoms. The van der Waals surface area contributed by atoms with Gasteiger partial charge in [0.25, 0.3) is 0 Å². The van der Waals surface area contributed by atoms with Crippen LogP contribution in [-0.4, -0.2) is 37.5 Å². The molecule has 0 aliphatic carbocycles. The summed E-state index contributed by atoms with van der Waals surface area (Å²) in [5.74, 6) is -0.103. The molecular weight excluding hydrogens is 202 g/mol. The molecule has 2 unspecified atom stereocenters. The fourth-order valence-electron chi connectivity index (χ4n) is 0.698. The first-order valence-electron chi connectivity index (χ1n) is 4.00. The standard InChI is InChI=1S/C6H9N7O2/c1-3(14)4(15)10-5-8-2-9-6(11-5)12-13-7/h2-4,14-15H,1H3,(H,8,9,10,11). The molecule has 80 valence electrons. The van der Waals surface area contributed by atoms with Crippen molar-refractivity contribution in [2.75, 3.05) is 5.32 Å². The SMILES string of the molecule is CC(O)C(O)Nc1ncnc(N=[N+]=[N-])n1. The van der Waals surface area contributed by atoms with Gasteiger partial charge in [-0.2, -0.15) is 4.98 Å². The van der Waals surface area contributed by atoms with Crippen LogP contribution in [0, 0.1) is 0 Å². The van der Waals surface area contributed by atoms with Crippen LogP contribution < -0.4 is 5.32 Å². The molecule has 0 saturated carbocycles. The highest BCUT2D eigenvalue weighted by atomic mass is 16.3. The minimum Gasteiger partial charge on any atom is -0.389 e. The van der Waals surface area contributed by atoms with E-state index in [0.717, 1.165) is 6.33 Å². The van der Waals surface area contributed by atoms with Crippen LogP contribution in [0.15, 0.2) is 11.4 Å². The number of nitrogens with zero attached hydrogens (tertiary/aromatic N) is 6. The Labute approximate surface area is 84.5 Å². The molecule has 2 atom stereocenters. The van der Waals surface area contributed by atoms with Crippen molar-refractivity contribution in [2.24, 2.45) is 5.11 Å². The van der Waals surface area contributed by atoms with Gasteiger partial charge in [0.05, 0.1) is 6.10 Å². The van der Waals surface area contributed by atoms with E-state index in [0.29, 0.717) is 0 Å². The third-order valence-corrected chi connectivity index (χ3v) is 1.43. The highest BCUT2D eigenvalue weighted by Gasteiger charge is 2.11. The number of hydrogen-bond donors (Lipinski definition) is 3. The van der Waals surface area contributed by atoms with Crippen LogP contribution in [0.5, 0.6) is 0 Å². The van der Waals surface area contributed by atoms with Crippen LogP contribution in [0.2, 0.25) is 0 Å². The lowest BCUT2D eigenvalue weighted by Crippen LogP contribution is -2.31. The highest BCUT2D eigenvalue weighted by molar-refractivity contribution is 5.29. The summed E-state index contributed by atoms with van der Waals surface area (Å²) in [6.45, 7) is 1.40. The molecule has 1 rings (SSSR count). The molecule has 9 heteroatoms. The van der Waals surface area contributed by atoms with E-state index in [4.69, 9.17) is 10.6 Å². The molecule has 0 amide bonds. The second-order valence-electron chi connectivity index (χ2n) is 2.63. The Morgan fingerprint density at radius 3 is 2.87 bits per heavy atom. The van der Waals surface area contributed by atoms with E-state index < -0.39 is 12.3 Å². The summed E-state index contributed by atoms with van der Waals surface area (Å²) in [5.41, 5.74) is 8.13. The van der Waals surface area contributed by atoms with Gasteiger partial charge < -0.3 is 15.5 Å². The maximum Gasteiger partial charge on any atom is 0.228 e. The van der Waals surface area contributed by atoms with Gasteiger partial charge in [-0.15, -0.1) is 0 Å². The van der Waals surface area contributed by atoms with E-state index in [1.165, 1.54) is 6.92 Å². The summed E-state index contributed by atoms with van der Waals surface area (Å²) in [5, 5.41) is 23.8. The topological polar surface area (TPSA) is 140 Å². The van der Waals surface area contributed by atoms with Crippen molar-refractivity contribution in [3.05, 3.63) is 16.8 Å². The maximum absolute atomic E-state index is 9.24. The predicted molar refractivity (Wildman–Crippen MR) is 49.9 cm³/mol. The van der Waals surface area contributed by atoms with Gasteiger partial charge in [-0.3, -0.25) is 0 Å². The fourth-order valence-corrected chi connectivity index (χ4v) is 0.698. The van der Waals surface area contributed by atoms with Crippen molar-refractivity contribution in [3.63, 3.8) is 0 Å². The van der Waals surface area contributed by atoms with Crippen LogP contribution in [0.4, 0.5) is 11.9 Å². The number of nitrogens with one attached hydrogen (secondary N) is 1. The van der Waals surface area contributed by atoms with E-state index in [1.807, 2.05) is 0 Å². The first-order chi connectivity index (χ1) is 7.13. The fraction of sp³-hybridized carbons (Fsp3) is 0.500. The minimum absolute atomic E-state index is 0.0146. The predicted octanol–water partition coefficient (Wildman–Crippen LogP) is -0.0755. The summed E-state index contributed by atoms with van der Waals surface area (Å²) in [7, 11) is 0. The Morgan fingerprint density at radius 2 is 2.27 bits per heavy atom. The molecule has 0 aliphatic rings. The number of aliphatic hydroxyl groups excluding tert-OH is 2. The van der Waals surface area contributed by atoms with E-state index in [-0.39, 0.29) is 11.9 Å². The van der Waals surface area contributed by atoms with E-state index in [2.05, 4.69) is 30.3 Å². The molecule has 0 spiro atoms. The first kappa shape index (κ1) is 11.1. The molecule has 1 aromatic rings. The van der Waals surface area contributed by atoms with Gasteiger partial charge in [-0.1, -0.05) is 0 Å². The Balaban J connectivity index is 2.77. The molecule has 3 N–H and O–H groups in total. The third-order valence-electron chi connectivity index (χ3n) is 1.43. The second-order valence-corrected chi connectivity index (χ2v) is 2.63. The number of anilines is 1. The zero-order chi connectivity index (χ0) is 11.3. The quantitative estimate of drug-likeness (QED) is 0.275.